The van der Waals surface area contributed by atoms with Crippen LogP contribution in [-0.4, -0.2) is 19.1 Å². The Morgan fingerprint density at radius 1 is 1.00 bits per heavy atom. The van der Waals surface area contributed by atoms with Gasteiger partial charge in [0.25, 0.3) is 0 Å². The Balaban J connectivity index is 3.11. The lowest BCUT2D eigenvalue weighted by atomic mass is 10.1. The number of benzene rings is 1. The Labute approximate surface area is 141 Å². The molecule has 0 aliphatic heterocycles. The third kappa shape index (κ3) is 4.84. The number of carbonyl (C=O) groups is 1. The van der Waals surface area contributed by atoms with E-state index < -0.39 is 14.0 Å². The topological polar surface area (TPSA) is 37.3 Å². The predicted molar refractivity (Wildman–Crippen MR) is 101 cm³/mol. The van der Waals surface area contributed by atoms with Gasteiger partial charge in [0.05, 0.1) is 0 Å². The molecular weight excluding hydrogens is 300 g/mol. The van der Waals surface area contributed by atoms with Crippen molar-refractivity contribution in [1.82, 2.24) is 0 Å². The van der Waals surface area contributed by atoms with Crippen molar-refractivity contribution in [2.45, 2.75) is 58.2 Å². The van der Waals surface area contributed by atoms with Crippen molar-refractivity contribution < 1.29 is 9.90 Å². The minimum Gasteiger partial charge on any atom is -0.478 e. The van der Waals surface area contributed by atoms with Crippen molar-refractivity contribution >= 4 is 20.1 Å². The van der Waals surface area contributed by atoms with Gasteiger partial charge in [-0.2, -0.15) is 0 Å². The van der Waals surface area contributed by atoms with Crippen LogP contribution in [-0.2, 0) is 4.79 Å². The van der Waals surface area contributed by atoms with Crippen molar-refractivity contribution in [2.75, 3.05) is 0 Å². The standard InChI is InChI=1S/C20H28O2Si/c1-15(2)23(16(3)4,17(5)6)14-13-19-9-7-18(8-10-19)11-12-20(21)22/h7-12,15-17H,1-6H3,(H,21,22). The second-order valence-corrected chi connectivity index (χ2v) is 12.5. The van der Waals surface area contributed by atoms with Crippen LogP contribution in [0, 0.1) is 11.5 Å². The van der Waals surface area contributed by atoms with E-state index in [0.29, 0.717) is 16.6 Å². The fourth-order valence-electron chi connectivity index (χ4n) is 3.46. The Kier molecular flexibility index (Phi) is 6.84. The van der Waals surface area contributed by atoms with E-state index in [1.807, 2.05) is 24.3 Å². The predicted octanol–water partition coefficient (Wildman–Crippen LogP) is 5.35. The molecule has 0 saturated heterocycles. The van der Waals surface area contributed by atoms with Gasteiger partial charge in [-0.3, -0.25) is 0 Å². The Morgan fingerprint density at radius 3 is 1.87 bits per heavy atom. The fraction of sp³-hybridized carbons (Fsp3) is 0.450. The van der Waals surface area contributed by atoms with Crippen LogP contribution in [0.2, 0.25) is 16.6 Å². The molecule has 1 aromatic carbocycles. The van der Waals surface area contributed by atoms with Crippen molar-refractivity contribution in [3.63, 3.8) is 0 Å². The van der Waals surface area contributed by atoms with Crippen LogP contribution in [0.3, 0.4) is 0 Å². The molecule has 0 spiro atoms. The third-order valence-corrected chi connectivity index (χ3v) is 10.9. The van der Waals surface area contributed by atoms with Crippen LogP contribution >= 0.6 is 0 Å². The summed E-state index contributed by atoms with van der Waals surface area (Å²) in [5.74, 6) is 2.46. The molecule has 0 amide bonds. The molecule has 0 aromatic heterocycles. The van der Waals surface area contributed by atoms with Gasteiger partial charge in [0.15, 0.2) is 0 Å². The maximum absolute atomic E-state index is 10.5. The minimum absolute atomic E-state index is 0.618. The SMILES string of the molecule is CC(C)[Si](C#Cc1ccc(C=CC(=O)O)cc1)(C(C)C)C(C)C. The van der Waals surface area contributed by atoms with Gasteiger partial charge in [0.2, 0.25) is 0 Å². The van der Waals surface area contributed by atoms with E-state index in [4.69, 9.17) is 5.11 Å². The quantitative estimate of drug-likeness (QED) is 0.449. The van der Waals surface area contributed by atoms with Gasteiger partial charge in [0.1, 0.15) is 8.07 Å². The van der Waals surface area contributed by atoms with E-state index in [1.165, 1.54) is 0 Å². The van der Waals surface area contributed by atoms with E-state index in [1.54, 1.807) is 6.08 Å². The zero-order valence-electron chi connectivity index (χ0n) is 15.1. The summed E-state index contributed by atoms with van der Waals surface area (Å²) in [6.07, 6.45) is 2.74. The molecule has 1 aromatic rings. The van der Waals surface area contributed by atoms with Crippen LogP contribution in [0.4, 0.5) is 0 Å². The van der Waals surface area contributed by atoms with Crippen LogP contribution in [0.25, 0.3) is 6.08 Å². The largest absolute Gasteiger partial charge is 0.478 e. The highest BCUT2D eigenvalue weighted by Crippen LogP contribution is 2.40. The number of carboxylic acid groups (broad SMARTS) is 1. The molecule has 0 saturated carbocycles. The Hall–Kier alpha value is -1.79. The van der Waals surface area contributed by atoms with E-state index in [-0.39, 0.29) is 0 Å². The number of hydrogen-bond acceptors (Lipinski definition) is 1. The lowest BCUT2D eigenvalue weighted by Gasteiger charge is -2.38. The summed E-state index contributed by atoms with van der Waals surface area (Å²) in [6.45, 7) is 13.8. The van der Waals surface area contributed by atoms with Crippen LogP contribution in [0.15, 0.2) is 30.3 Å². The molecule has 0 heterocycles. The smallest absolute Gasteiger partial charge is 0.328 e. The summed E-state index contributed by atoms with van der Waals surface area (Å²) in [7, 11) is -1.71. The van der Waals surface area contributed by atoms with E-state index in [2.05, 4.69) is 53.0 Å². The summed E-state index contributed by atoms with van der Waals surface area (Å²) in [5.41, 5.74) is 7.42. The number of carboxylic acids is 1. The highest BCUT2D eigenvalue weighted by molar-refractivity contribution is 6.90. The number of hydrogen-bond donors (Lipinski definition) is 1. The lowest BCUT2D eigenvalue weighted by Crippen LogP contribution is -2.43. The molecule has 23 heavy (non-hydrogen) atoms. The monoisotopic (exact) mass is 328 g/mol. The molecule has 3 heteroatoms. The third-order valence-electron chi connectivity index (χ3n) is 4.62. The molecule has 1 rings (SSSR count). The molecule has 0 radical (unpaired) electrons. The Bertz CT molecular complexity index is 592. The van der Waals surface area contributed by atoms with E-state index >= 15 is 0 Å². The average Bonchev–Trinajstić information content (AvgIpc) is 2.45. The van der Waals surface area contributed by atoms with E-state index in [9.17, 15) is 4.79 Å². The van der Waals surface area contributed by atoms with Gasteiger partial charge in [-0.25, -0.2) is 4.79 Å². The molecular formula is C20H28O2Si. The highest BCUT2D eigenvalue weighted by atomic mass is 28.3. The molecule has 0 unspecified atom stereocenters. The van der Waals surface area contributed by atoms with Crippen molar-refractivity contribution in [3.05, 3.63) is 41.5 Å². The summed E-state index contributed by atoms with van der Waals surface area (Å²) in [5, 5.41) is 8.65. The zero-order valence-corrected chi connectivity index (χ0v) is 16.1. The van der Waals surface area contributed by atoms with Gasteiger partial charge >= 0.3 is 5.97 Å². The van der Waals surface area contributed by atoms with Gasteiger partial charge in [-0.15, -0.1) is 5.54 Å². The molecule has 0 atom stereocenters. The van der Waals surface area contributed by atoms with Crippen LogP contribution < -0.4 is 0 Å². The fourth-order valence-corrected chi connectivity index (χ4v) is 8.69. The number of aliphatic carboxylic acids is 1. The molecule has 0 bridgehead atoms. The maximum Gasteiger partial charge on any atom is 0.328 e. The van der Waals surface area contributed by atoms with Gasteiger partial charge < -0.3 is 5.11 Å². The molecule has 2 nitrogen and oxygen atoms in total. The summed E-state index contributed by atoms with van der Waals surface area (Å²) >= 11 is 0. The first-order valence-electron chi connectivity index (χ1n) is 8.24. The van der Waals surface area contributed by atoms with Gasteiger partial charge in [-0.1, -0.05) is 59.6 Å². The summed E-state index contributed by atoms with van der Waals surface area (Å²) in [6, 6.07) is 7.75. The highest BCUT2D eigenvalue weighted by Gasteiger charge is 2.41. The molecule has 0 aliphatic carbocycles. The minimum atomic E-state index is -1.71. The second kappa shape index (κ2) is 8.17. The van der Waals surface area contributed by atoms with Gasteiger partial charge in [0, 0.05) is 11.6 Å². The zero-order chi connectivity index (χ0) is 17.6. The van der Waals surface area contributed by atoms with Crippen molar-refractivity contribution in [3.8, 4) is 11.5 Å². The summed E-state index contributed by atoms with van der Waals surface area (Å²) < 4.78 is 0. The lowest BCUT2D eigenvalue weighted by molar-refractivity contribution is -0.131. The molecule has 0 aliphatic rings. The number of rotatable bonds is 5. The first kappa shape index (κ1) is 19.3. The summed E-state index contributed by atoms with van der Waals surface area (Å²) in [4.78, 5) is 10.5. The van der Waals surface area contributed by atoms with Crippen LogP contribution in [0.5, 0.6) is 0 Å². The molecule has 0 fully saturated rings. The maximum atomic E-state index is 10.5. The first-order valence-corrected chi connectivity index (χ1v) is 10.5. The van der Waals surface area contributed by atoms with E-state index in [0.717, 1.165) is 17.2 Å². The first-order chi connectivity index (χ1) is 10.7. The second-order valence-electron chi connectivity index (χ2n) is 6.94. The van der Waals surface area contributed by atoms with Crippen LogP contribution in [0.1, 0.15) is 52.7 Å². The molecule has 1 N–H and O–H groups in total. The average molecular weight is 329 g/mol. The molecule has 124 valence electrons. The van der Waals surface area contributed by atoms with Crippen molar-refractivity contribution in [1.29, 1.82) is 0 Å². The normalized spacial score (nSPS) is 12.0. The Morgan fingerprint density at radius 2 is 1.48 bits per heavy atom. The van der Waals surface area contributed by atoms with Crippen molar-refractivity contribution in [2.24, 2.45) is 0 Å². The van der Waals surface area contributed by atoms with Gasteiger partial charge in [-0.05, 0) is 40.4 Å².